The smallest absolute Gasteiger partial charge is 0.201 e. The molecule has 0 atom stereocenters. The first-order chi connectivity index (χ1) is 12.5. The molecule has 0 saturated carbocycles. The lowest BCUT2D eigenvalue weighted by Crippen LogP contribution is -2.13. The van der Waals surface area contributed by atoms with Crippen LogP contribution in [0.1, 0.15) is 27.9 Å². The molecule has 136 valence electrons. The zero-order valence-electron chi connectivity index (χ0n) is 13.4. The van der Waals surface area contributed by atoms with Gasteiger partial charge < -0.3 is 0 Å². The van der Waals surface area contributed by atoms with Crippen LogP contribution in [0, 0.1) is 5.82 Å². The van der Waals surface area contributed by atoms with Gasteiger partial charge in [-0.1, -0.05) is 11.6 Å². The number of thiazole rings is 1. The number of hydrogen-bond acceptors (Lipinski definition) is 5. The quantitative estimate of drug-likeness (QED) is 0.354. The minimum atomic E-state index is -2.67. The number of nitrogens with one attached hydrogen (secondary N) is 1. The predicted octanol–water partition coefficient (Wildman–Crippen LogP) is 3.37. The molecule has 1 heterocycles. The van der Waals surface area contributed by atoms with Crippen LogP contribution in [0.3, 0.4) is 0 Å². The third kappa shape index (κ3) is 4.27. The maximum absolute atomic E-state index is 14.0. The Hall–Kier alpha value is -1.87. The lowest BCUT2D eigenvalue weighted by Gasteiger charge is -2.10. The van der Waals surface area contributed by atoms with E-state index in [0.717, 1.165) is 16.3 Å². The highest BCUT2D eigenvalue weighted by atomic mass is 35.5. The third-order valence-corrected chi connectivity index (χ3v) is 5.53. The molecule has 1 aromatic heterocycles. The molecular weight excluding hydrogens is 399 g/mol. The molecule has 0 aliphatic carbocycles. The van der Waals surface area contributed by atoms with E-state index in [4.69, 9.17) is 11.6 Å². The summed E-state index contributed by atoms with van der Waals surface area (Å²) in [6.45, 7) is 0.219. The van der Waals surface area contributed by atoms with Crippen molar-refractivity contribution in [2.45, 2.75) is 12.8 Å². The number of aromatic nitrogens is 1. The summed E-state index contributed by atoms with van der Waals surface area (Å²) >= 11 is 7.74. The molecule has 0 bridgehead atoms. The van der Waals surface area contributed by atoms with Crippen LogP contribution < -0.4 is 4.72 Å². The summed E-state index contributed by atoms with van der Waals surface area (Å²) in [6, 6.07) is 7.48. The Balaban J connectivity index is 1.87. The Morgan fingerprint density at radius 1 is 1.27 bits per heavy atom. The van der Waals surface area contributed by atoms with Gasteiger partial charge in [-0.15, -0.1) is 11.3 Å². The van der Waals surface area contributed by atoms with Crippen molar-refractivity contribution >= 4 is 49.8 Å². The summed E-state index contributed by atoms with van der Waals surface area (Å²) in [5.74, 6) is -0.929. The van der Waals surface area contributed by atoms with E-state index in [1.807, 2.05) is 0 Å². The number of carbonyl (C=O) groups is 1. The molecule has 0 radical (unpaired) electrons. The second-order valence-electron chi connectivity index (χ2n) is 5.56. The summed E-state index contributed by atoms with van der Waals surface area (Å²) in [6.07, 6.45) is 0.786. The van der Waals surface area contributed by atoms with E-state index in [0.29, 0.717) is 24.0 Å². The van der Waals surface area contributed by atoms with Crippen molar-refractivity contribution in [2.75, 3.05) is 6.54 Å². The van der Waals surface area contributed by atoms with Gasteiger partial charge >= 0.3 is 0 Å². The fourth-order valence-electron chi connectivity index (χ4n) is 2.59. The Morgan fingerprint density at radius 2 is 2.08 bits per heavy atom. The number of thiol groups is 1. The van der Waals surface area contributed by atoms with E-state index in [1.165, 1.54) is 17.4 Å². The zero-order valence-corrected chi connectivity index (χ0v) is 15.8. The maximum Gasteiger partial charge on any atom is 0.201 e. The Bertz CT molecular complexity index is 1040. The number of aryl methyl sites for hydroxylation is 1. The highest BCUT2D eigenvalue weighted by Crippen LogP contribution is 2.28. The third-order valence-electron chi connectivity index (χ3n) is 3.81. The maximum atomic E-state index is 14.0. The number of hydrogen-bond donors (Lipinski definition) is 2. The Labute approximate surface area is 159 Å². The minimum absolute atomic E-state index is 0.0911. The average molecular weight is 413 g/mol. The van der Waals surface area contributed by atoms with Gasteiger partial charge in [-0.25, -0.2) is 22.5 Å². The molecule has 1 N–H and O–H groups in total. The van der Waals surface area contributed by atoms with Gasteiger partial charge in [-0.3, -0.25) is 4.79 Å². The first-order valence-corrected chi connectivity index (χ1v) is 10.1. The molecule has 0 fully saturated rings. The largest absolute Gasteiger partial charge is 0.289 e. The number of ketones is 1. The molecular formula is C17H14ClFN2O3S2. The van der Waals surface area contributed by atoms with Gasteiger partial charge in [0.1, 0.15) is 5.82 Å². The number of rotatable bonds is 7. The molecule has 2 aromatic carbocycles. The van der Waals surface area contributed by atoms with Gasteiger partial charge in [-0.2, -0.15) is 0 Å². The van der Waals surface area contributed by atoms with Crippen LogP contribution in [-0.4, -0.2) is 25.7 Å². The zero-order chi connectivity index (χ0) is 18.7. The Morgan fingerprint density at radius 3 is 2.85 bits per heavy atom. The van der Waals surface area contributed by atoms with Crippen LogP contribution in [0.5, 0.6) is 0 Å². The van der Waals surface area contributed by atoms with Gasteiger partial charge in [-0.05, 0) is 48.7 Å². The Kier molecular flexibility index (Phi) is 5.98. The van der Waals surface area contributed by atoms with E-state index >= 15 is 0 Å². The lowest BCUT2D eigenvalue weighted by molar-refractivity contribution is 0.103. The molecule has 0 spiro atoms. The van der Waals surface area contributed by atoms with E-state index < -0.39 is 16.7 Å². The van der Waals surface area contributed by atoms with Gasteiger partial charge in [0, 0.05) is 17.7 Å². The first-order valence-electron chi connectivity index (χ1n) is 7.69. The molecule has 0 aliphatic heterocycles. The van der Waals surface area contributed by atoms with Crippen molar-refractivity contribution in [3.8, 4) is 0 Å². The van der Waals surface area contributed by atoms with Gasteiger partial charge in [0.05, 0.1) is 20.7 Å². The molecule has 0 amide bonds. The van der Waals surface area contributed by atoms with Gasteiger partial charge in [0.2, 0.25) is 10.9 Å². The topological polar surface area (TPSA) is 76.1 Å². The monoisotopic (exact) mass is 412 g/mol. The minimum Gasteiger partial charge on any atom is -0.289 e. The molecule has 0 aliphatic rings. The second-order valence-corrected chi connectivity index (χ2v) is 7.65. The van der Waals surface area contributed by atoms with Crippen LogP contribution >= 0.6 is 22.9 Å². The van der Waals surface area contributed by atoms with E-state index in [9.17, 15) is 17.6 Å². The number of halogens is 2. The van der Waals surface area contributed by atoms with Crippen molar-refractivity contribution < 1.29 is 17.6 Å². The fraction of sp³-hybridized carbons (Fsp3) is 0.176. The molecule has 3 aromatic rings. The highest BCUT2D eigenvalue weighted by molar-refractivity contribution is 7.70. The van der Waals surface area contributed by atoms with Gasteiger partial charge in [0.25, 0.3) is 0 Å². The summed E-state index contributed by atoms with van der Waals surface area (Å²) in [7, 11) is -2.67. The summed E-state index contributed by atoms with van der Waals surface area (Å²) in [5, 5.41) is 0.187. The molecule has 5 nitrogen and oxygen atoms in total. The predicted molar refractivity (Wildman–Crippen MR) is 101 cm³/mol. The van der Waals surface area contributed by atoms with E-state index in [2.05, 4.69) is 9.71 Å². The van der Waals surface area contributed by atoms with E-state index in [-0.39, 0.29) is 22.9 Å². The molecule has 26 heavy (non-hydrogen) atoms. The van der Waals surface area contributed by atoms with Crippen LogP contribution in [0.2, 0.25) is 5.02 Å². The molecule has 3 rings (SSSR count). The normalized spacial score (nSPS) is 11.3. The van der Waals surface area contributed by atoms with Crippen LogP contribution in [-0.2, 0) is 17.3 Å². The molecule has 0 saturated heterocycles. The lowest BCUT2D eigenvalue weighted by atomic mass is 9.99. The number of fused-ring (bicyclic) bond motifs is 1. The van der Waals surface area contributed by atoms with Crippen molar-refractivity contribution in [1.82, 2.24) is 9.71 Å². The van der Waals surface area contributed by atoms with Crippen molar-refractivity contribution in [2.24, 2.45) is 0 Å². The van der Waals surface area contributed by atoms with Crippen LogP contribution in [0.15, 0.2) is 35.8 Å². The average Bonchev–Trinajstić information content (AvgIpc) is 3.08. The standard InChI is InChI=1S/C17H14ClFN2O3S2/c18-16-10(2-1-5-21-26(23)24)6-12(19)8-13(16)17(22)11-3-4-14-15(7-11)25-9-20-14/h3-4,6-9,26H,1-2,5H2,(H,21,23,24). The number of carbonyl (C=O) groups excluding carboxylic acids is 1. The van der Waals surface area contributed by atoms with Crippen molar-refractivity contribution in [1.29, 1.82) is 0 Å². The fourth-order valence-corrected chi connectivity index (χ4v) is 3.94. The highest BCUT2D eigenvalue weighted by Gasteiger charge is 2.18. The van der Waals surface area contributed by atoms with Gasteiger partial charge in [0.15, 0.2) is 5.78 Å². The van der Waals surface area contributed by atoms with E-state index in [1.54, 1.807) is 23.7 Å². The van der Waals surface area contributed by atoms with Crippen molar-refractivity contribution in [3.05, 3.63) is 63.4 Å². The van der Waals surface area contributed by atoms with Crippen molar-refractivity contribution in [3.63, 3.8) is 0 Å². The molecule has 9 heteroatoms. The summed E-state index contributed by atoms with van der Waals surface area (Å²) in [5.41, 5.74) is 3.45. The number of nitrogens with zero attached hydrogens (tertiary/aromatic N) is 1. The second kappa shape index (κ2) is 8.22. The summed E-state index contributed by atoms with van der Waals surface area (Å²) < 4.78 is 38.1. The van der Waals surface area contributed by atoms with Crippen LogP contribution in [0.25, 0.3) is 10.2 Å². The molecule has 0 unspecified atom stereocenters. The SMILES string of the molecule is O=C(c1ccc2ncsc2c1)c1cc(F)cc(CCCN[SH](=O)=O)c1Cl. The summed E-state index contributed by atoms with van der Waals surface area (Å²) in [4.78, 5) is 17.0. The number of benzene rings is 2. The van der Waals surface area contributed by atoms with Crippen LogP contribution in [0.4, 0.5) is 4.39 Å². The first kappa shape index (κ1) is 18.9.